The molecule has 0 bridgehead atoms. The summed E-state index contributed by atoms with van der Waals surface area (Å²) in [6.45, 7) is 3.64. The quantitative estimate of drug-likeness (QED) is 0.792. The van der Waals surface area contributed by atoms with Gasteiger partial charge in [0.05, 0.1) is 7.11 Å². The maximum absolute atomic E-state index is 12.5. The van der Waals surface area contributed by atoms with E-state index >= 15 is 0 Å². The molecule has 1 aliphatic rings. The number of carbonyl (C=O) groups is 2. The summed E-state index contributed by atoms with van der Waals surface area (Å²) in [6.07, 6.45) is 3.20. The summed E-state index contributed by atoms with van der Waals surface area (Å²) < 4.78 is 10.2. The third-order valence-corrected chi connectivity index (χ3v) is 5.06. The summed E-state index contributed by atoms with van der Waals surface area (Å²) in [5, 5.41) is 6.77. The zero-order valence-electron chi connectivity index (χ0n) is 16.4. The van der Waals surface area contributed by atoms with Crippen molar-refractivity contribution in [1.82, 2.24) is 15.4 Å². The molecule has 2 amide bonds. The molecule has 2 heterocycles. The number of aryl methyl sites for hydroxylation is 1. The number of piperidine rings is 1. The van der Waals surface area contributed by atoms with Crippen molar-refractivity contribution in [2.75, 3.05) is 20.2 Å². The molecular formula is C21H27N3O4. The van der Waals surface area contributed by atoms with E-state index in [1.54, 1.807) is 20.1 Å². The van der Waals surface area contributed by atoms with Crippen LogP contribution >= 0.6 is 0 Å². The molecule has 0 saturated carbocycles. The first kappa shape index (κ1) is 19.9. The van der Waals surface area contributed by atoms with E-state index in [-0.39, 0.29) is 11.8 Å². The van der Waals surface area contributed by atoms with Crippen molar-refractivity contribution in [2.45, 2.75) is 39.2 Å². The summed E-state index contributed by atoms with van der Waals surface area (Å²) in [6, 6.07) is 9.32. The maximum atomic E-state index is 12.5. The Morgan fingerprint density at radius 1 is 1.36 bits per heavy atom. The normalized spacial score (nSPS) is 16.6. The molecule has 150 valence electrons. The lowest BCUT2D eigenvalue weighted by Crippen LogP contribution is -2.40. The van der Waals surface area contributed by atoms with Gasteiger partial charge in [0.25, 0.3) is 5.91 Å². The smallest absolute Gasteiger partial charge is 0.276 e. The van der Waals surface area contributed by atoms with Gasteiger partial charge in [-0.1, -0.05) is 17.3 Å². The number of carbonyl (C=O) groups excluding carboxylic acids is 2. The number of benzene rings is 1. The Kier molecular flexibility index (Phi) is 6.68. The molecule has 1 fully saturated rings. The Morgan fingerprint density at radius 2 is 2.21 bits per heavy atom. The molecule has 1 saturated heterocycles. The summed E-state index contributed by atoms with van der Waals surface area (Å²) >= 11 is 0. The molecule has 1 N–H and O–H groups in total. The molecular weight excluding hydrogens is 358 g/mol. The van der Waals surface area contributed by atoms with Crippen LogP contribution in [-0.4, -0.2) is 42.1 Å². The van der Waals surface area contributed by atoms with Crippen LogP contribution in [0.5, 0.6) is 5.75 Å². The lowest BCUT2D eigenvalue weighted by atomic mass is 9.93. The summed E-state index contributed by atoms with van der Waals surface area (Å²) in [5.41, 5.74) is 1.36. The number of methoxy groups -OCH3 is 1. The van der Waals surface area contributed by atoms with Gasteiger partial charge in [0.2, 0.25) is 5.91 Å². The van der Waals surface area contributed by atoms with Gasteiger partial charge in [-0.05, 0) is 49.8 Å². The molecule has 2 aromatic rings. The van der Waals surface area contributed by atoms with Crippen LogP contribution in [0.25, 0.3) is 0 Å². The van der Waals surface area contributed by atoms with E-state index in [2.05, 4.69) is 10.5 Å². The maximum Gasteiger partial charge on any atom is 0.276 e. The first-order valence-corrected chi connectivity index (χ1v) is 9.67. The molecule has 28 heavy (non-hydrogen) atoms. The first-order valence-electron chi connectivity index (χ1n) is 9.67. The summed E-state index contributed by atoms with van der Waals surface area (Å²) in [4.78, 5) is 26.5. The number of hydrogen-bond acceptors (Lipinski definition) is 5. The highest BCUT2D eigenvalue weighted by atomic mass is 16.5. The third-order valence-electron chi connectivity index (χ3n) is 5.06. The molecule has 1 atom stereocenters. The fraction of sp³-hybridized carbons (Fsp3) is 0.476. The largest absolute Gasteiger partial charge is 0.497 e. The van der Waals surface area contributed by atoms with Crippen molar-refractivity contribution >= 4 is 11.8 Å². The Hall–Kier alpha value is -2.83. The molecule has 1 unspecified atom stereocenters. The van der Waals surface area contributed by atoms with E-state index in [0.717, 1.165) is 37.1 Å². The van der Waals surface area contributed by atoms with E-state index in [4.69, 9.17) is 9.26 Å². The highest BCUT2D eigenvalue weighted by Gasteiger charge is 2.26. The predicted octanol–water partition coefficient (Wildman–Crippen LogP) is 2.94. The number of aromatic nitrogens is 1. The second-order valence-corrected chi connectivity index (χ2v) is 7.25. The van der Waals surface area contributed by atoms with Gasteiger partial charge in [0.1, 0.15) is 11.5 Å². The van der Waals surface area contributed by atoms with E-state index in [9.17, 15) is 9.59 Å². The van der Waals surface area contributed by atoms with Crippen LogP contribution in [0.4, 0.5) is 0 Å². The third kappa shape index (κ3) is 5.34. The van der Waals surface area contributed by atoms with Gasteiger partial charge in [0.15, 0.2) is 5.69 Å². The van der Waals surface area contributed by atoms with Crippen LogP contribution in [0.1, 0.15) is 47.5 Å². The van der Waals surface area contributed by atoms with Crippen molar-refractivity contribution in [3.63, 3.8) is 0 Å². The van der Waals surface area contributed by atoms with Crippen LogP contribution in [-0.2, 0) is 11.3 Å². The number of nitrogens with zero attached hydrogens (tertiary/aromatic N) is 2. The molecule has 0 spiro atoms. The molecule has 1 aromatic carbocycles. The minimum atomic E-state index is -0.0935. The second kappa shape index (κ2) is 9.39. The van der Waals surface area contributed by atoms with Gasteiger partial charge in [-0.2, -0.15) is 0 Å². The van der Waals surface area contributed by atoms with Gasteiger partial charge < -0.3 is 19.5 Å². The minimum Gasteiger partial charge on any atom is -0.497 e. The van der Waals surface area contributed by atoms with Gasteiger partial charge in [-0.25, -0.2) is 0 Å². The van der Waals surface area contributed by atoms with Crippen molar-refractivity contribution in [3.05, 3.63) is 47.3 Å². The average Bonchev–Trinajstić information content (AvgIpc) is 3.16. The highest BCUT2D eigenvalue weighted by molar-refractivity contribution is 5.92. The number of likely N-dealkylation sites (tertiary alicyclic amines) is 1. The van der Waals surface area contributed by atoms with Gasteiger partial charge in [0, 0.05) is 32.1 Å². The summed E-state index contributed by atoms with van der Waals surface area (Å²) in [7, 11) is 1.62. The summed E-state index contributed by atoms with van der Waals surface area (Å²) in [5.74, 6) is 1.67. The zero-order valence-corrected chi connectivity index (χ0v) is 16.4. The van der Waals surface area contributed by atoms with Crippen molar-refractivity contribution in [3.8, 4) is 5.75 Å². The lowest BCUT2D eigenvalue weighted by Gasteiger charge is -2.32. The topological polar surface area (TPSA) is 84.7 Å². The Balaban J connectivity index is 1.43. The first-order chi connectivity index (χ1) is 13.5. The van der Waals surface area contributed by atoms with Gasteiger partial charge >= 0.3 is 0 Å². The van der Waals surface area contributed by atoms with Crippen molar-refractivity contribution in [2.24, 2.45) is 5.92 Å². The van der Waals surface area contributed by atoms with E-state index < -0.39 is 0 Å². The molecule has 0 aliphatic carbocycles. The van der Waals surface area contributed by atoms with E-state index in [1.807, 2.05) is 29.2 Å². The van der Waals surface area contributed by atoms with Crippen molar-refractivity contribution < 1.29 is 18.8 Å². The molecule has 3 rings (SSSR count). The number of ether oxygens (including phenoxy) is 1. The van der Waals surface area contributed by atoms with Crippen LogP contribution in [0.2, 0.25) is 0 Å². The fourth-order valence-corrected chi connectivity index (χ4v) is 3.52. The monoisotopic (exact) mass is 385 g/mol. The highest BCUT2D eigenvalue weighted by Crippen LogP contribution is 2.22. The van der Waals surface area contributed by atoms with Crippen LogP contribution in [0.15, 0.2) is 34.9 Å². The lowest BCUT2D eigenvalue weighted by molar-refractivity contribution is -0.121. The number of nitrogens with one attached hydrogen (secondary N) is 1. The second-order valence-electron chi connectivity index (χ2n) is 7.25. The van der Waals surface area contributed by atoms with Crippen LogP contribution < -0.4 is 10.1 Å². The minimum absolute atomic E-state index is 0.0263. The van der Waals surface area contributed by atoms with Gasteiger partial charge in [-0.15, -0.1) is 0 Å². The molecule has 7 nitrogen and oxygen atoms in total. The number of hydrogen-bond donors (Lipinski definition) is 1. The Labute approximate surface area is 165 Å². The van der Waals surface area contributed by atoms with E-state index in [0.29, 0.717) is 36.9 Å². The molecule has 7 heteroatoms. The number of amides is 2. The van der Waals surface area contributed by atoms with Gasteiger partial charge in [-0.3, -0.25) is 9.59 Å². The fourth-order valence-electron chi connectivity index (χ4n) is 3.52. The van der Waals surface area contributed by atoms with Crippen LogP contribution in [0.3, 0.4) is 0 Å². The molecule has 1 aromatic heterocycles. The Bertz CT molecular complexity index is 817. The average molecular weight is 385 g/mol. The standard InChI is InChI=1S/C21H27N3O4/c1-15-11-19(23-28-15)21(26)24-10-4-6-16(14-24)8-9-20(25)22-13-17-5-3-7-18(12-17)27-2/h3,5,7,11-12,16H,4,6,8-10,13-14H2,1-2H3,(H,22,25). The van der Waals surface area contributed by atoms with E-state index in [1.165, 1.54) is 0 Å². The molecule has 1 aliphatic heterocycles. The van der Waals surface area contributed by atoms with Crippen molar-refractivity contribution in [1.29, 1.82) is 0 Å². The SMILES string of the molecule is COc1cccc(CNC(=O)CCC2CCCN(C(=O)c3cc(C)on3)C2)c1. The predicted molar refractivity (Wildman–Crippen MR) is 104 cm³/mol. The molecule has 0 radical (unpaired) electrons. The zero-order chi connectivity index (χ0) is 19.9. The van der Waals surface area contributed by atoms with Crippen LogP contribution in [0, 0.1) is 12.8 Å². The number of rotatable bonds is 7. The Morgan fingerprint density at radius 3 is 2.96 bits per heavy atom.